The van der Waals surface area contributed by atoms with Crippen LogP contribution < -0.4 is 34.9 Å². The first kappa shape index (κ1) is 29.3. The number of ether oxygens (including phenoxy) is 4. The SMILES string of the molecule is CC(=O)NCC(O)c1ccc2c(c1)O[C@@H](NC(C)=O)[C@H](c1ccc3c(c1)O[C@@H](NC(C)=O)[C@H](c1ccc(O)c(O)c1)O3)O2. The highest BCUT2D eigenvalue weighted by molar-refractivity contribution is 5.74. The molecule has 0 fully saturated rings. The molecular formula is C30H31N3O10. The predicted molar refractivity (Wildman–Crippen MR) is 150 cm³/mol. The first-order valence-corrected chi connectivity index (χ1v) is 13.4. The van der Waals surface area contributed by atoms with Gasteiger partial charge in [0.25, 0.3) is 0 Å². The van der Waals surface area contributed by atoms with Crippen LogP contribution in [0, 0.1) is 0 Å². The normalized spacial score (nSPS) is 20.8. The summed E-state index contributed by atoms with van der Waals surface area (Å²) in [5.74, 6) is -0.403. The zero-order valence-corrected chi connectivity index (χ0v) is 23.5. The molecule has 0 saturated heterocycles. The molecule has 2 aliphatic heterocycles. The first-order chi connectivity index (χ1) is 20.5. The van der Waals surface area contributed by atoms with Gasteiger partial charge < -0.3 is 50.2 Å². The maximum Gasteiger partial charge on any atom is 0.219 e. The third-order valence-electron chi connectivity index (χ3n) is 6.78. The molecule has 0 radical (unpaired) electrons. The minimum atomic E-state index is -0.988. The molecule has 6 N–H and O–H groups in total. The zero-order chi connectivity index (χ0) is 30.8. The Morgan fingerprint density at radius 2 is 1.21 bits per heavy atom. The highest BCUT2D eigenvalue weighted by Crippen LogP contribution is 2.45. The van der Waals surface area contributed by atoms with E-state index >= 15 is 0 Å². The van der Waals surface area contributed by atoms with Crippen molar-refractivity contribution in [1.29, 1.82) is 0 Å². The Balaban J connectivity index is 1.43. The number of aliphatic hydroxyl groups excluding tert-OH is 1. The molecule has 0 aliphatic carbocycles. The number of hydrogen-bond acceptors (Lipinski definition) is 10. The minimum absolute atomic E-state index is 0.0121. The number of aromatic hydroxyl groups is 2. The van der Waals surface area contributed by atoms with Crippen LogP contribution in [0.4, 0.5) is 0 Å². The lowest BCUT2D eigenvalue weighted by molar-refractivity contribution is -0.124. The van der Waals surface area contributed by atoms with Crippen molar-refractivity contribution >= 4 is 17.7 Å². The van der Waals surface area contributed by atoms with Gasteiger partial charge in [-0.25, -0.2) is 0 Å². The number of carbonyl (C=O) groups is 3. The number of aliphatic hydroxyl groups is 1. The Morgan fingerprint density at radius 1 is 0.674 bits per heavy atom. The first-order valence-electron chi connectivity index (χ1n) is 13.4. The number of carbonyl (C=O) groups excluding carboxylic acids is 3. The van der Waals surface area contributed by atoms with Gasteiger partial charge in [-0.2, -0.15) is 0 Å². The fourth-order valence-corrected chi connectivity index (χ4v) is 4.78. The van der Waals surface area contributed by atoms with E-state index in [9.17, 15) is 29.7 Å². The maximum absolute atomic E-state index is 12.1. The van der Waals surface area contributed by atoms with E-state index in [-0.39, 0.29) is 47.3 Å². The van der Waals surface area contributed by atoms with E-state index < -0.39 is 30.8 Å². The molecule has 43 heavy (non-hydrogen) atoms. The Bertz CT molecular complexity index is 1560. The topological polar surface area (TPSA) is 185 Å². The Morgan fingerprint density at radius 3 is 1.77 bits per heavy atom. The van der Waals surface area contributed by atoms with Gasteiger partial charge in [0.2, 0.25) is 30.2 Å². The molecule has 0 saturated carbocycles. The molecule has 226 valence electrons. The van der Waals surface area contributed by atoms with Gasteiger partial charge in [-0.1, -0.05) is 18.2 Å². The second-order valence-electron chi connectivity index (χ2n) is 10.2. The average Bonchev–Trinajstić information content (AvgIpc) is 2.95. The van der Waals surface area contributed by atoms with Crippen molar-refractivity contribution in [2.24, 2.45) is 0 Å². The monoisotopic (exact) mass is 593 g/mol. The smallest absolute Gasteiger partial charge is 0.219 e. The third-order valence-corrected chi connectivity index (χ3v) is 6.78. The van der Waals surface area contributed by atoms with Crippen LogP contribution in [0.5, 0.6) is 34.5 Å². The van der Waals surface area contributed by atoms with Gasteiger partial charge in [0.15, 0.2) is 46.7 Å². The van der Waals surface area contributed by atoms with Crippen LogP contribution in [0.15, 0.2) is 54.6 Å². The van der Waals surface area contributed by atoms with Crippen molar-refractivity contribution in [3.8, 4) is 34.5 Å². The Labute approximate surface area is 246 Å². The standard InChI is InChI=1S/C30H31N3O10/c1-14(34)31-13-22(39)17-5-8-23-25(11-17)42-30(33-16(3)36)28(41-23)19-6-9-24-26(12-19)43-29(32-15(2)35)27(40-24)18-4-7-20(37)21(38)10-18/h4-12,22,27-30,37-39H,13H2,1-3H3,(H,31,34)(H,32,35)(H,33,36)/t22?,27-,28-,29+,30+/m0/s1. The Hall–Kier alpha value is -5.17. The molecule has 1 unspecified atom stereocenters. The van der Waals surface area contributed by atoms with Gasteiger partial charge in [0, 0.05) is 38.4 Å². The van der Waals surface area contributed by atoms with Gasteiger partial charge in [0.05, 0.1) is 6.10 Å². The summed E-state index contributed by atoms with van der Waals surface area (Å²) in [6.07, 6.45) is -4.61. The molecule has 5 rings (SSSR count). The van der Waals surface area contributed by atoms with Gasteiger partial charge in [-0.15, -0.1) is 0 Å². The molecule has 3 aromatic rings. The number of fused-ring (bicyclic) bond motifs is 2. The van der Waals surface area contributed by atoms with E-state index in [1.165, 1.54) is 32.9 Å². The number of hydrogen-bond donors (Lipinski definition) is 6. The molecule has 0 aromatic heterocycles. The van der Waals surface area contributed by atoms with Crippen LogP contribution in [-0.4, -0.2) is 52.0 Å². The van der Waals surface area contributed by atoms with Crippen molar-refractivity contribution in [3.63, 3.8) is 0 Å². The van der Waals surface area contributed by atoms with Crippen LogP contribution >= 0.6 is 0 Å². The number of nitrogens with one attached hydrogen (secondary N) is 3. The van der Waals surface area contributed by atoms with E-state index in [0.29, 0.717) is 28.2 Å². The van der Waals surface area contributed by atoms with Crippen LogP contribution in [0.25, 0.3) is 0 Å². The van der Waals surface area contributed by atoms with Crippen molar-refractivity contribution in [2.45, 2.75) is 51.5 Å². The number of amides is 3. The molecular weight excluding hydrogens is 562 g/mol. The van der Waals surface area contributed by atoms with Gasteiger partial charge >= 0.3 is 0 Å². The third kappa shape index (κ3) is 6.51. The van der Waals surface area contributed by atoms with Crippen molar-refractivity contribution in [2.75, 3.05) is 6.54 Å². The van der Waals surface area contributed by atoms with Gasteiger partial charge in [0.1, 0.15) is 0 Å². The quantitative estimate of drug-likeness (QED) is 0.222. The molecule has 13 heteroatoms. The second-order valence-corrected chi connectivity index (χ2v) is 10.2. The van der Waals surface area contributed by atoms with Crippen LogP contribution in [0.1, 0.15) is 55.8 Å². The second kappa shape index (κ2) is 12.0. The summed E-state index contributed by atoms with van der Waals surface area (Å²) in [6.45, 7) is 4.03. The number of rotatable bonds is 7. The maximum atomic E-state index is 12.1. The number of phenols is 2. The lowest BCUT2D eigenvalue weighted by Crippen LogP contribution is -2.47. The molecule has 2 heterocycles. The van der Waals surface area contributed by atoms with E-state index in [4.69, 9.17) is 18.9 Å². The summed E-state index contributed by atoms with van der Waals surface area (Å²) in [4.78, 5) is 35.3. The molecule has 0 spiro atoms. The van der Waals surface area contributed by atoms with E-state index in [2.05, 4.69) is 16.0 Å². The minimum Gasteiger partial charge on any atom is -0.504 e. The molecule has 0 bridgehead atoms. The summed E-state index contributed by atoms with van der Waals surface area (Å²) in [6, 6.07) is 14.0. The van der Waals surface area contributed by atoms with Crippen molar-refractivity contribution < 1.29 is 48.7 Å². The number of phenolic OH excluding ortho intramolecular Hbond substituents is 2. The van der Waals surface area contributed by atoms with E-state index in [1.54, 1.807) is 42.5 Å². The van der Waals surface area contributed by atoms with Crippen LogP contribution in [0.2, 0.25) is 0 Å². The zero-order valence-electron chi connectivity index (χ0n) is 23.5. The van der Waals surface area contributed by atoms with Crippen molar-refractivity contribution in [3.05, 3.63) is 71.3 Å². The van der Waals surface area contributed by atoms with Crippen molar-refractivity contribution in [1.82, 2.24) is 16.0 Å². The average molecular weight is 594 g/mol. The van der Waals surface area contributed by atoms with Crippen LogP contribution in [0.3, 0.4) is 0 Å². The highest BCUT2D eigenvalue weighted by Gasteiger charge is 2.38. The van der Waals surface area contributed by atoms with Gasteiger partial charge in [-0.3, -0.25) is 14.4 Å². The fourth-order valence-electron chi connectivity index (χ4n) is 4.78. The lowest BCUT2D eigenvalue weighted by atomic mass is 10.0. The number of benzene rings is 3. The largest absolute Gasteiger partial charge is 0.504 e. The molecule has 3 aromatic carbocycles. The van der Waals surface area contributed by atoms with E-state index in [1.807, 2.05) is 0 Å². The Kier molecular flexibility index (Phi) is 8.17. The highest BCUT2D eigenvalue weighted by atomic mass is 16.6. The summed E-state index contributed by atoms with van der Waals surface area (Å²) in [5.41, 5.74) is 1.50. The van der Waals surface area contributed by atoms with E-state index in [0.717, 1.165) is 0 Å². The lowest BCUT2D eigenvalue weighted by Gasteiger charge is -2.37. The summed E-state index contributed by atoms with van der Waals surface area (Å²) in [5, 5.41) is 38.2. The molecule has 5 atom stereocenters. The van der Waals surface area contributed by atoms with Crippen LogP contribution in [-0.2, 0) is 14.4 Å². The van der Waals surface area contributed by atoms with Gasteiger partial charge in [-0.05, 0) is 42.0 Å². The summed E-state index contributed by atoms with van der Waals surface area (Å²) >= 11 is 0. The summed E-state index contributed by atoms with van der Waals surface area (Å²) in [7, 11) is 0. The fraction of sp³-hybridized carbons (Fsp3) is 0.300. The summed E-state index contributed by atoms with van der Waals surface area (Å²) < 4.78 is 24.7. The predicted octanol–water partition coefficient (Wildman–Crippen LogP) is 2.22. The molecule has 13 nitrogen and oxygen atoms in total. The molecule has 2 aliphatic rings. The molecule has 3 amide bonds.